The van der Waals surface area contributed by atoms with Gasteiger partial charge in [0.25, 0.3) is 5.91 Å². The van der Waals surface area contributed by atoms with Crippen molar-refractivity contribution in [2.75, 3.05) is 5.32 Å². The van der Waals surface area contributed by atoms with Crippen LogP contribution in [0.5, 0.6) is 0 Å². The first-order valence-corrected chi connectivity index (χ1v) is 9.62. The van der Waals surface area contributed by atoms with Gasteiger partial charge in [0.2, 0.25) is 5.43 Å². The van der Waals surface area contributed by atoms with E-state index in [1.165, 1.54) is 22.9 Å². The number of halogens is 1. The van der Waals surface area contributed by atoms with Crippen LogP contribution in [0.25, 0.3) is 5.69 Å². The fourth-order valence-electron chi connectivity index (χ4n) is 2.73. The molecular weight excluding hydrogens is 406 g/mol. The standard InChI is InChI=1S/C22H20ClN3O4/c1-13(2)30-22(29)15-8-10-16(11-9-15)24-21(28)20-19(27)12-14(3)26(25-20)18-7-5-4-6-17(18)23/h4-13H,1-3H3,(H,24,28). The van der Waals surface area contributed by atoms with Crippen LogP contribution in [0.1, 0.15) is 40.4 Å². The molecule has 0 fully saturated rings. The average molecular weight is 426 g/mol. The molecule has 0 aliphatic carbocycles. The molecule has 0 saturated carbocycles. The summed E-state index contributed by atoms with van der Waals surface area (Å²) in [5.41, 5.74) is 1.08. The number of aryl methyl sites for hydroxylation is 1. The lowest BCUT2D eigenvalue weighted by Crippen LogP contribution is -2.27. The maximum Gasteiger partial charge on any atom is 0.338 e. The van der Waals surface area contributed by atoms with Gasteiger partial charge in [0, 0.05) is 17.4 Å². The maximum absolute atomic E-state index is 12.7. The van der Waals surface area contributed by atoms with Crippen LogP contribution in [0.3, 0.4) is 0 Å². The van der Waals surface area contributed by atoms with Crippen molar-refractivity contribution >= 4 is 29.2 Å². The lowest BCUT2D eigenvalue weighted by Gasteiger charge is -2.13. The number of rotatable bonds is 5. The van der Waals surface area contributed by atoms with E-state index in [4.69, 9.17) is 16.3 Å². The Balaban J connectivity index is 1.85. The van der Waals surface area contributed by atoms with E-state index < -0.39 is 17.3 Å². The topological polar surface area (TPSA) is 90.3 Å². The number of anilines is 1. The molecule has 0 radical (unpaired) electrons. The molecule has 0 spiro atoms. The molecule has 1 amide bonds. The molecule has 1 N–H and O–H groups in total. The molecule has 0 unspecified atom stereocenters. The Kier molecular flexibility index (Phi) is 6.32. The number of esters is 1. The van der Waals surface area contributed by atoms with E-state index in [1.807, 2.05) is 0 Å². The number of benzene rings is 2. The molecule has 1 heterocycles. The van der Waals surface area contributed by atoms with Crippen LogP contribution in [-0.2, 0) is 4.74 Å². The summed E-state index contributed by atoms with van der Waals surface area (Å²) in [4.78, 5) is 36.9. The van der Waals surface area contributed by atoms with Crippen LogP contribution >= 0.6 is 11.6 Å². The SMILES string of the molecule is Cc1cc(=O)c(C(=O)Nc2ccc(C(=O)OC(C)C)cc2)nn1-c1ccccc1Cl. The van der Waals surface area contributed by atoms with E-state index in [0.717, 1.165) is 0 Å². The third-order valence-corrected chi connectivity index (χ3v) is 4.44. The average Bonchev–Trinajstić information content (AvgIpc) is 2.69. The van der Waals surface area contributed by atoms with E-state index in [-0.39, 0.29) is 11.8 Å². The van der Waals surface area contributed by atoms with Gasteiger partial charge in [0.15, 0.2) is 5.69 Å². The quantitative estimate of drug-likeness (QED) is 0.623. The molecule has 7 nitrogen and oxygen atoms in total. The molecule has 0 aliphatic rings. The highest BCUT2D eigenvalue weighted by molar-refractivity contribution is 6.32. The molecule has 3 rings (SSSR count). The number of hydrogen-bond donors (Lipinski definition) is 1. The molecule has 154 valence electrons. The Morgan fingerprint density at radius 2 is 1.77 bits per heavy atom. The Morgan fingerprint density at radius 3 is 2.40 bits per heavy atom. The summed E-state index contributed by atoms with van der Waals surface area (Å²) in [6.45, 7) is 5.22. The zero-order chi connectivity index (χ0) is 21.8. The fourth-order valence-corrected chi connectivity index (χ4v) is 2.95. The van der Waals surface area contributed by atoms with Crippen LogP contribution in [0.2, 0.25) is 5.02 Å². The predicted molar refractivity (Wildman–Crippen MR) is 115 cm³/mol. The molecule has 0 bridgehead atoms. The van der Waals surface area contributed by atoms with Gasteiger partial charge >= 0.3 is 5.97 Å². The first kappa shape index (κ1) is 21.3. The third-order valence-electron chi connectivity index (χ3n) is 4.12. The number of hydrogen-bond acceptors (Lipinski definition) is 5. The van der Waals surface area contributed by atoms with Crippen LogP contribution in [0, 0.1) is 6.92 Å². The molecular formula is C22H20ClN3O4. The molecule has 30 heavy (non-hydrogen) atoms. The largest absolute Gasteiger partial charge is 0.459 e. The van der Waals surface area contributed by atoms with Gasteiger partial charge in [-0.1, -0.05) is 23.7 Å². The van der Waals surface area contributed by atoms with Gasteiger partial charge in [-0.05, 0) is 57.2 Å². The van der Waals surface area contributed by atoms with E-state index in [0.29, 0.717) is 27.7 Å². The van der Waals surface area contributed by atoms with Crippen molar-refractivity contribution in [3.05, 3.63) is 86.8 Å². The van der Waals surface area contributed by atoms with Crippen molar-refractivity contribution in [1.82, 2.24) is 9.78 Å². The number of nitrogens with one attached hydrogen (secondary N) is 1. The maximum atomic E-state index is 12.7. The minimum Gasteiger partial charge on any atom is -0.459 e. The summed E-state index contributed by atoms with van der Waals surface area (Å²) in [6, 6.07) is 14.5. The molecule has 0 saturated heterocycles. The number of para-hydroxylation sites is 1. The molecule has 0 aliphatic heterocycles. The van der Waals surface area contributed by atoms with E-state index in [2.05, 4.69) is 10.4 Å². The zero-order valence-electron chi connectivity index (χ0n) is 16.7. The second-order valence-electron chi connectivity index (χ2n) is 6.85. The fraction of sp³-hybridized carbons (Fsp3) is 0.182. The van der Waals surface area contributed by atoms with Crippen molar-refractivity contribution < 1.29 is 14.3 Å². The highest BCUT2D eigenvalue weighted by Gasteiger charge is 2.17. The Bertz CT molecular complexity index is 1150. The highest BCUT2D eigenvalue weighted by Crippen LogP contribution is 2.20. The summed E-state index contributed by atoms with van der Waals surface area (Å²) < 4.78 is 6.58. The van der Waals surface area contributed by atoms with Gasteiger partial charge in [0.1, 0.15) is 0 Å². The number of amides is 1. The van der Waals surface area contributed by atoms with Crippen molar-refractivity contribution in [1.29, 1.82) is 0 Å². The second-order valence-corrected chi connectivity index (χ2v) is 7.25. The van der Waals surface area contributed by atoms with Gasteiger partial charge in [0.05, 0.1) is 22.4 Å². The summed E-state index contributed by atoms with van der Waals surface area (Å²) in [7, 11) is 0. The third kappa shape index (κ3) is 4.75. The van der Waals surface area contributed by atoms with Crippen LogP contribution in [-0.4, -0.2) is 27.8 Å². The van der Waals surface area contributed by atoms with Gasteiger partial charge in [-0.2, -0.15) is 5.10 Å². The van der Waals surface area contributed by atoms with Crippen LogP contribution in [0.4, 0.5) is 5.69 Å². The van der Waals surface area contributed by atoms with E-state index in [9.17, 15) is 14.4 Å². The van der Waals surface area contributed by atoms with Gasteiger partial charge < -0.3 is 10.1 Å². The summed E-state index contributed by atoms with van der Waals surface area (Å²) >= 11 is 6.23. The molecule has 2 aromatic carbocycles. The molecule has 8 heteroatoms. The Morgan fingerprint density at radius 1 is 1.10 bits per heavy atom. The highest BCUT2D eigenvalue weighted by atomic mass is 35.5. The van der Waals surface area contributed by atoms with Crippen molar-refractivity contribution in [3.63, 3.8) is 0 Å². The molecule has 0 atom stereocenters. The van der Waals surface area contributed by atoms with Gasteiger partial charge in [-0.25, -0.2) is 9.48 Å². The van der Waals surface area contributed by atoms with Crippen LogP contribution in [0.15, 0.2) is 59.4 Å². The van der Waals surface area contributed by atoms with Gasteiger partial charge in [-0.3, -0.25) is 9.59 Å². The Hall–Kier alpha value is -3.45. The minimum absolute atomic E-state index is 0.232. The summed E-state index contributed by atoms with van der Waals surface area (Å²) in [5.74, 6) is -1.12. The number of ether oxygens (including phenoxy) is 1. The summed E-state index contributed by atoms with van der Waals surface area (Å²) in [5, 5.41) is 7.27. The number of aromatic nitrogens is 2. The monoisotopic (exact) mass is 425 g/mol. The Labute approximate surface area is 178 Å². The normalized spacial score (nSPS) is 10.7. The smallest absolute Gasteiger partial charge is 0.338 e. The number of nitrogens with zero attached hydrogens (tertiary/aromatic N) is 2. The zero-order valence-corrected chi connectivity index (χ0v) is 17.4. The summed E-state index contributed by atoms with van der Waals surface area (Å²) in [6.07, 6.45) is -0.232. The number of carbonyl (C=O) groups is 2. The first-order chi connectivity index (χ1) is 14.3. The lowest BCUT2D eigenvalue weighted by molar-refractivity contribution is 0.0378. The van der Waals surface area contributed by atoms with Crippen molar-refractivity contribution in [2.45, 2.75) is 26.9 Å². The number of carbonyl (C=O) groups excluding carboxylic acids is 2. The van der Waals surface area contributed by atoms with Crippen LogP contribution < -0.4 is 10.7 Å². The van der Waals surface area contributed by atoms with Crippen molar-refractivity contribution in [3.8, 4) is 5.69 Å². The minimum atomic E-state index is -0.668. The van der Waals surface area contributed by atoms with E-state index >= 15 is 0 Å². The van der Waals surface area contributed by atoms with Gasteiger partial charge in [-0.15, -0.1) is 0 Å². The second kappa shape index (κ2) is 8.92. The predicted octanol–water partition coefficient (Wildman–Crippen LogP) is 4.01. The first-order valence-electron chi connectivity index (χ1n) is 9.24. The van der Waals surface area contributed by atoms with Crippen molar-refractivity contribution in [2.24, 2.45) is 0 Å². The van der Waals surface area contributed by atoms with E-state index in [1.54, 1.807) is 57.2 Å². The molecule has 1 aromatic heterocycles. The lowest BCUT2D eigenvalue weighted by atomic mass is 10.2. The molecule has 3 aromatic rings.